The Bertz CT molecular complexity index is 692. The summed E-state index contributed by atoms with van der Waals surface area (Å²) >= 11 is 0. The molecule has 0 N–H and O–H groups in total. The van der Waals surface area contributed by atoms with Crippen molar-refractivity contribution in [2.75, 3.05) is 0 Å². The molecule has 2 aromatic rings. The number of hydrogen-bond acceptors (Lipinski definition) is 0. The van der Waals surface area contributed by atoms with Gasteiger partial charge in [-0.05, 0) is 84.2 Å². The summed E-state index contributed by atoms with van der Waals surface area (Å²) in [5.41, 5.74) is 5.40. The van der Waals surface area contributed by atoms with Gasteiger partial charge in [0.1, 0.15) is 5.82 Å². The van der Waals surface area contributed by atoms with Gasteiger partial charge in [-0.25, -0.2) is 4.39 Å². The molecule has 1 atom stereocenters. The summed E-state index contributed by atoms with van der Waals surface area (Å²) in [6.45, 7) is 2.41. The van der Waals surface area contributed by atoms with Crippen LogP contribution in [-0.2, 0) is 12.8 Å². The Morgan fingerprint density at radius 3 is 2.21 bits per heavy atom. The van der Waals surface area contributed by atoms with E-state index in [-0.39, 0.29) is 5.82 Å². The van der Waals surface area contributed by atoms with Crippen LogP contribution in [0.3, 0.4) is 0 Å². The second-order valence-corrected chi connectivity index (χ2v) is 8.01. The molecule has 0 saturated heterocycles. The van der Waals surface area contributed by atoms with Gasteiger partial charge >= 0.3 is 0 Å². The molecule has 0 bridgehead atoms. The summed E-state index contributed by atoms with van der Waals surface area (Å²) < 4.78 is 13.1. The fourth-order valence-corrected chi connectivity index (χ4v) is 4.76. The Labute approximate surface area is 145 Å². The van der Waals surface area contributed by atoms with Gasteiger partial charge < -0.3 is 0 Å². The third-order valence-corrected chi connectivity index (χ3v) is 6.38. The number of fused-ring (bicyclic) bond motifs is 1. The van der Waals surface area contributed by atoms with Crippen molar-refractivity contribution in [3.8, 4) is 11.1 Å². The van der Waals surface area contributed by atoms with Crippen molar-refractivity contribution < 1.29 is 4.39 Å². The summed E-state index contributed by atoms with van der Waals surface area (Å²) in [4.78, 5) is 0. The second kappa shape index (κ2) is 6.70. The molecule has 0 amide bonds. The van der Waals surface area contributed by atoms with Crippen LogP contribution in [0.25, 0.3) is 11.1 Å². The van der Waals surface area contributed by atoms with E-state index in [0.29, 0.717) is 0 Å². The van der Waals surface area contributed by atoms with Gasteiger partial charge in [-0.3, -0.25) is 0 Å². The minimum atomic E-state index is -0.165. The molecule has 0 nitrogen and oxygen atoms in total. The Hall–Kier alpha value is -1.63. The number of halogens is 1. The molecule has 1 fully saturated rings. The van der Waals surface area contributed by atoms with Crippen LogP contribution < -0.4 is 0 Å². The molecule has 1 saturated carbocycles. The van der Waals surface area contributed by atoms with Crippen molar-refractivity contribution in [3.63, 3.8) is 0 Å². The maximum Gasteiger partial charge on any atom is 0.123 e. The lowest BCUT2D eigenvalue weighted by atomic mass is 9.70. The second-order valence-electron chi connectivity index (χ2n) is 8.01. The van der Waals surface area contributed by atoms with E-state index in [1.54, 1.807) is 17.7 Å². The van der Waals surface area contributed by atoms with E-state index < -0.39 is 0 Å². The van der Waals surface area contributed by atoms with Gasteiger partial charge in [0.2, 0.25) is 0 Å². The third kappa shape index (κ3) is 3.27. The van der Waals surface area contributed by atoms with Crippen LogP contribution >= 0.6 is 0 Å². The first-order valence-electron chi connectivity index (χ1n) is 9.57. The number of benzene rings is 2. The number of aryl methyl sites for hydroxylation is 1. The Morgan fingerprint density at radius 2 is 1.46 bits per heavy atom. The lowest BCUT2D eigenvalue weighted by Gasteiger charge is -2.35. The fraction of sp³-hybridized carbons (Fsp3) is 0.478. The first-order valence-corrected chi connectivity index (χ1v) is 9.57. The van der Waals surface area contributed by atoms with E-state index >= 15 is 0 Å². The van der Waals surface area contributed by atoms with Gasteiger partial charge in [0.05, 0.1) is 0 Å². The molecular formula is C23H27F. The highest BCUT2D eigenvalue weighted by molar-refractivity contribution is 5.65. The van der Waals surface area contributed by atoms with Crippen molar-refractivity contribution in [2.24, 2.45) is 17.8 Å². The van der Waals surface area contributed by atoms with E-state index in [0.717, 1.165) is 23.3 Å². The van der Waals surface area contributed by atoms with Gasteiger partial charge in [-0.1, -0.05) is 50.1 Å². The number of hydrogen-bond donors (Lipinski definition) is 0. The third-order valence-electron chi connectivity index (χ3n) is 6.38. The van der Waals surface area contributed by atoms with Crippen LogP contribution in [0.5, 0.6) is 0 Å². The van der Waals surface area contributed by atoms with Crippen LogP contribution in [0.2, 0.25) is 0 Å². The molecule has 2 aliphatic carbocycles. The lowest BCUT2D eigenvalue weighted by Crippen LogP contribution is -2.26. The van der Waals surface area contributed by atoms with Gasteiger partial charge in [0.25, 0.3) is 0 Å². The highest BCUT2D eigenvalue weighted by Crippen LogP contribution is 2.40. The van der Waals surface area contributed by atoms with E-state index in [1.165, 1.54) is 56.1 Å². The molecule has 0 aromatic heterocycles. The summed E-state index contributed by atoms with van der Waals surface area (Å²) in [6.07, 6.45) is 9.55. The SMILES string of the molecule is CC1CCC(C2CCc3cc(-c4ccc(F)cc4)ccc3C2)CC1. The first kappa shape index (κ1) is 15.9. The molecule has 2 aromatic carbocycles. The standard InChI is InChI=1S/C23H27F/c1-16-2-4-17(5-3-16)19-6-8-22-15-20(7-9-21(22)14-19)18-10-12-23(24)13-11-18/h7,9-13,15-17,19H,2-6,8,14H2,1H3. The predicted octanol–water partition coefficient (Wildman–Crippen LogP) is 6.42. The van der Waals surface area contributed by atoms with Crippen LogP contribution in [0.4, 0.5) is 4.39 Å². The van der Waals surface area contributed by atoms with E-state index in [4.69, 9.17) is 0 Å². The van der Waals surface area contributed by atoms with Crippen molar-refractivity contribution in [2.45, 2.75) is 51.9 Å². The fourth-order valence-electron chi connectivity index (χ4n) is 4.76. The van der Waals surface area contributed by atoms with E-state index in [9.17, 15) is 4.39 Å². The summed E-state index contributed by atoms with van der Waals surface area (Å²) in [5.74, 6) is 2.62. The molecule has 0 radical (unpaired) electrons. The molecule has 2 aliphatic rings. The van der Waals surface area contributed by atoms with Crippen LogP contribution in [-0.4, -0.2) is 0 Å². The molecule has 0 spiro atoms. The topological polar surface area (TPSA) is 0 Å². The van der Waals surface area contributed by atoms with Crippen molar-refractivity contribution in [1.29, 1.82) is 0 Å². The van der Waals surface area contributed by atoms with Crippen LogP contribution in [0.15, 0.2) is 42.5 Å². The molecule has 126 valence electrons. The highest BCUT2D eigenvalue weighted by atomic mass is 19.1. The molecule has 0 aliphatic heterocycles. The average Bonchev–Trinajstić information content (AvgIpc) is 2.62. The van der Waals surface area contributed by atoms with Gasteiger partial charge in [0.15, 0.2) is 0 Å². The van der Waals surface area contributed by atoms with Crippen molar-refractivity contribution >= 4 is 0 Å². The van der Waals surface area contributed by atoms with Crippen LogP contribution in [0.1, 0.15) is 50.2 Å². The maximum absolute atomic E-state index is 13.1. The Morgan fingerprint density at radius 1 is 0.750 bits per heavy atom. The maximum atomic E-state index is 13.1. The van der Waals surface area contributed by atoms with Crippen molar-refractivity contribution in [1.82, 2.24) is 0 Å². The zero-order valence-electron chi connectivity index (χ0n) is 14.6. The zero-order valence-corrected chi connectivity index (χ0v) is 14.6. The quantitative estimate of drug-likeness (QED) is 0.598. The Kier molecular flexibility index (Phi) is 4.43. The van der Waals surface area contributed by atoms with E-state index in [1.807, 2.05) is 12.1 Å². The Balaban J connectivity index is 1.50. The monoisotopic (exact) mass is 322 g/mol. The molecule has 1 heteroatoms. The van der Waals surface area contributed by atoms with E-state index in [2.05, 4.69) is 25.1 Å². The summed E-state index contributed by atoms with van der Waals surface area (Å²) in [7, 11) is 0. The molecular weight excluding hydrogens is 295 g/mol. The first-order chi connectivity index (χ1) is 11.7. The molecule has 24 heavy (non-hydrogen) atoms. The number of rotatable bonds is 2. The van der Waals surface area contributed by atoms with Crippen molar-refractivity contribution in [3.05, 3.63) is 59.4 Å². The predicted molar refractivity (Wildman–Crippen MR) is 98.5 cm³/mol. The van der Waals surface area contributed by atoms with Gasteiger partial charge in [-0.15, -0.1) is 0 Å². The smallest absolute Gasteiger partial charge is 0.123 e. The normalized spacial score (nSPS) is 26.8. The minimum Gasteiger partial charge on any atom is -0.207 e. The lowest BCUT2D eigenvalue weighted by molar-refractivity contribution is 0.197. The van der Waals surface area contributed by atoms with Crippen LogP contribution in [0, 0.1) is 23.6 Å². The summed E-state index contributed by atoms with van der Waals surface area (Å²) in [6, 6.07) is 13.7. The molecule has 1 unspecified atom stereocenters. The zero-order chi connectivity index (χ0) is 16.5. The van der Waals surface area contributed by atoms with Gasteiger partial charge in [0, 0.05) is 0 Å². The largest absolute Gasteiger partial charge is 0.207 e. The average molecular weight is 322 g/mol. The highest BCUT2D eigenvalue weighted by Gasteiger charge is 2.29. The minimum absolute atomic E-state index is 0.165. The molecule has 0 heterocycles. The summed E-state index contributed by atoms with van der Waals surface area (Å²) in [5, 5.41) is 0. The van der Waals surface area contributed by atoms with Gasteiger partial charge in [-0.2, -0.15) is 0 Å². The molecule has 4 rings (SSSR count).